The Labute approximate surface area is 118 Å². The molecular formula is C14H9ClFN3O. The fourth-order valence-electron chi connectivity index (χ4n) is 1.98. The average molecular weight is 290 g/mol. The molecule has 0 spiro atoms. The van der Waals surface area contributed by atoms with Crippen LogP contribution in [0.4, 0.5) is 4.39 Å². The summed E-state index contributed by atoms with van der Waals surface area (Å²) in [6, 6.07) is 11.4. The van der Waals surface area contributed by atoms with Gasteiger partial charge in [0.15, 0.2) is 0 Å². The Balaban J connectivity index is 1.98. The van der Waals surface area contributed by atoms with Crippen LogP contribution in [0.25, 0.3) is 11.0 Å². The standard InChI is InChI=1S/C14H9ClFN3O/c15-10-4-3-5-11(16)9(10)8-14(20)19-13-7-2-1-6-12(13)17-18-19/h1-7H,8H2. The Morgan fingerprint density at radius 3 is 2.80 bits per heavy atom. The van der Waals surface area contributed by atoms with Crippen molar-refractivity contribution < 1.29 is 9.18 Å². The summed E-state index contributed by atoms with van der Waals surface area (Å²) in [5.74, 6) is -0.888. The zero-order chi connectivity index (χ0) is 14.1. The molecule has 0 saturated carbocycles. The Morgan fingerprint density at radius 1 is 1.20 bits per heavy atom. The lowest BCUT2D eigenvalue weighted by Crippen LogP contribution is -2.16. The summed E-state index contributed by atoms with van der Waals surface area (Å²) in [6.07, 6.45) is -0.168. The van der Waals surface area contributed by atoms with Crippen LogP contribution in [-0.4, -0.2) is 20.9 Å². The van der Waals surface area contributed by atoms with Crippen molar-refractivity contribution in [2.24, 2.45) is 0 Å². The summed E-state index contributed by atoms with van der Waals surface area (Å²) in [6.45, 7) is 0. The van der Waals surface area contributed by atoms with Crippen LogP contribution in [0.15, 0.2) is 42.5 Å². The van der Waals surface area contributed by atoms with E-state index in [1.54, 1.807) is 30.3 Å². The number of fused-ring (bicyclic) bond motifs is 1. The van der Waals surface area contributed by atoms with Crippen molar-refractivity contribution >= 4 is 28.5 Å². The van der Waals surface area contributed by atoms with E-state index in [0.29, 0.717) is 11.0 Å². The van der Waals surface area contributed by atoms with Crippen molar-refractivity contribution in [1.29, 1.82) is 0 Å². The number of hydrogen-bond acceptors (Lipinski definition) is 3. The molecule has 20 heavy (non-hydrogen) atoms. The zero-order valence-electron chi connectivity index (χ0n) is 10.3. The summed E-state index contributed by atoms with van der Waals surface area (Å²) < 4.78 is 14.8. The zero-order valence-corrected chi connectivity index (χ0v) is 11.0. The second kappa shape index (κ2) is 5.02. The molecular weight excluding hydrogens is 281 g/mol. The summed E-state index contributed by atoms with van der Waals surface area (Å²) in [5.41, 5.74) is 1.36. The molecule has 0 aliphatic carbocycles. The van der Waals surface area contributed by atoms with Crippen molar-refractivity contribution in [2.45, 2.75) is 6.42 Å². The molecule has 0 N–H and O–H groups in total. The number of hydrogen-bond donors (Lipinski definition) is 0. The quantitative estimate of drug-likeness (QED) is 0.728. The van der Waals surface area contributed by atoms with Crippen molar-refractivity contribution in [1.82, 2.24) is 15.0 Å². The number of carbonyl (C=O) groups is 1. The first-order chi connectivity index (χ1) is 9.66. The number of nitrogens with zero attached hydrogens (tertiary/aromatic N) is 3. The lowest BCUT2D eigenvalue weighted by atomic mass is 10.1. The van der Waals surface area contributed by atoms with Crippen LogP contribution < -0.4 is 0 Å². The Morgan fingerprint density at radius 2 is 2.00 bits per heavy atom. The molecule has 0 unspecified atom stereocenters. The molecule has 0 saturated heterocycles. The third-order valence-corrected chi connectivity index (χ3v) is 3.33. The summed E-state index contributed by atoms with van der Waals surface area (Å²) in [5, 5.41) is 7.92. The van der Waals surface area contributed by atoms with E-state index < -0.39 is 5.82 Å². The highest BCUT2D eigenvalue weighted by Crippen LogP contribution is 2.20. The molecule has 1 aromatic heterocycles. The molecule has 0 radical (unpaired) electrons. The molecule has 3 aromatic rings. The normalized spacial score (nSPS) is 10.9. The lowest BCUT2D eigenvalue weighted by molar-refractivity contribution is 0.0900. The molecule has 6 heteroatoms. The van der Waals surface area contributed by atoms with Gasteiger partial charge in [0.05, 0.1) is 11.9 Å². The number of benzene rings is 2. The lowest BCUT2D eigenvalue weighted by Gasteiger charge is -2.05. The molecule has 0 fully saturated rings. The molecule has 100 valence electrons. The Bertz CT molecular complexity index is 780. The first kappa shape index (κ1) is 12.7. The van der Waals surface area contributed by atoms with Crippen LogP contribution in [0.5, 0.6) is 0 Å². The maximum Gasteiger partial charge on any atom is 0.253 e. The summed E-state index contributed by atoms with van der Waals surface area (Å²) >= 11 is 5.92. The van der Waals surface area contributed by atoms with Crippen LogP contribution in [0.1, 0.15) is 10.4 Å². The molecule has 0 bridgehead atoms. The maximum atomic E-state index is 13.7. The van der Waals surface area contributed by atoms with Crippen molar-refractivity contribution in [3.63, 3.8) is 0 Å². The van der Waals surface area contributed by atoms with Gasteiger partial charge in [-0.15, -0.1) is 5.10 Å². The van der Waals surface area contributed by atoms with Crippen LogP contribution in [0.3, 0.4) is 0 Å². The van der Waals surface area contributed by atoms with E-state index in [-0.39, 0.29) is 22.9 Å². The number of halogens is 2. The van der Waals surface area contributed by atoms with Crippen LogP contribution in [0, 0.1) is 5.82 Å². The summed E-state index contributed by atoms with van der Waals surface area (Å²) in [7, 11) is 0. The monoisotopic (exact) mass is 289 g/mol. The second-order valence-corrected chi connectivity index (χ2v) is 4.67. The van der Waals surface area contributed by atoms with E-state index in [9.17, 15) is 9.18 Å². The average Bonchev–Trinajstić information content (AvgIpc) is 2.87. The molecule has 0 atom stereocenters. The molecule has 2 aromatic carbocycles. The minimum absolute atomic E-state index is 0.166. The smallest absolute Gasteiger partial charge is 0.253 e. The van der Waals surface area contributed by atoms with Gasteiger partial charge < -0.3 is 0 Å². The molecule has 3 rings (SSSR count). The van der Waals surface area contributed by atoms with Gasteiger partial charge in [0.25, 0.3) is 5.91 Å². The molecule has 0 amide bonds. The number of rotatable bonds is 2. The fourth-order valence-corrected chi connectivity index (χ4v) is 2.21. The van der Waals surface area contributed by atoms with E-state index >= 15 is 0 Å². The van der Waals surface area contributed by atoms with Gasteiger partial charge in [0, 0.05) is 10.6 Å². The van der Waals surface area contributed by atoms with Crippen LogP contribution in [-0.2, 0) is 6.42 Å². The molecule has 0 aliphatic heterocycles. The van der Waals surface area contributed by atoms with E-state index in [2.05, 4.69) is 10.3 Å². The van der Waals surface area contributed by atoms with E-state index in [4.69, 9.17) is 11.6 Å². The van der Waals surface area contributed by atoms with Gasteiger partial charge in [-0.1, -0.05) is 35.0 Å². The van der Waals surface area contributed by atoms with Crippen molar-refractivity contribution in [3.8, 4) is 0 Å². The SMILES string of the molecule is O=C(Cc1c(F)cccc1Cl)n1nnc2ccccc21. The number of aromatic nitrogens is 3. The van der Waals surface area contributed by atoms with E-state index in [1.807, 2.05) is 0 Å². The highest BCUT2D eigenvalue weighted by Gasteiger charge is 2.16. The second-order valence-electron chi connectivity index (χ2n) is 4.26. The third kappa shape index (κ3) is 2.16. The van der Waals surface area contributed by atoms with Gasteiger partial charge in [-0.3, -0.25) is 4.79 Å². The first-order valence-electron chi connectivity index (χ1n) is 5.93. The topological polar surface area (TPSA) is 47.8 Å². The molecule has 4 nitrogen and oxygen atoms in total. The minimum atomic E-state index is -0.504. The van der Waals surface area contributed by atoms with E-state index in [0.717, 1.165) is 4.68 Å². The number of carbonyl (C=O) groups excluding carboxylic acids is 1. The van der Waals surface area contributed by atoms with Crippen LogP contribution >= 0.6 is 11.6 Å². The van der Waals surface area contributed by atoms with Crippen LogP contribution in [0.2, 0.25) is 5.02 Å². The maximum absolute atomic E-state index is 13.7. The molecule has 1 heterocycles. The third-order valence-electron chi connectivity index (χ3n) is 2.98. The Hall–Kier alpha value is -2.27. The predicted octanol–water partition coefficient (Wildman–Crippen LogP) is 3.11. The fraction of sp³-hybridized carbons (Fsp3) is 0.0714. The first-order valence-corrected chi connectivity index (χ1v) is 6.31. The predicted molar refractivity (Wildman–Crippen MR) is 73.3 cm³/mol. The highest BCUT2D eigenvalue weighted by molar-refractivity contribution is 6.31. The minimum Gasteiger partial charge on any atom is -0.272 e. The van der Waals surface area contributed by atoms with Gasteiger partial charge in [0.1, 0.15) is 11.3 Å². The van der Waals surface area contributed by atoms with Gasteiger partial charge in [-0.2, -0.15) is 4.68 Å². The highest BCUT2D eigenvalue weighted by atomic mass is 35.5. The number of para-hydroxylation sites is 1. The van der Waals surface area contributed by atoms with Crippen molar-refractivity contribution in [2.75, 3.05) is 0 Å². The largest absolute Gasteiger partial charge is 0.272 e. The molecule has 0 aliphatic rings. The van der Waals surface area contributed by atoms with Gasteiger partial charge in [-0.25, -0.2) is 4.39 Å². The Kier molecular flexibility index (Phi) is 3.20. The van der Waals surface area contributed by atoms with E-state index in [1.165, 1.54) is 12.1 Å². The summed E-state index contributed by atoms with van der Waals surface area (Å²) in [4.78, 5) is 12.2. The van der Waals surface area contributed by atoms with Gasteiger partial charge in [-0.05, 0) is 24.3 Å². The van der Waals surface area contributed by atoms with Crippen molar-refractivity contribution in [3.05, 3.63) is 58.9 Å². The van der Waals surface area contributed by atoms with Gasteiger partial charge in [0.2, 0.25) is 0 Å². The van der Waals surface area contributed by atoms with Gasteiger partial charge >= 0.3 is 0 Å².